The van der Waals surface area contributed by atoms with E-state index in [9.17, 15) is 0 Å². The highest BCUT2D eigenvalue weighted by molar-refractivity contribution is 6.33. The van der Waals surface area contributed by atoms with Crippen molar-refractivity contribution in [3.05, 3.63) is 45.4 Å². The molecule has 0 amide bonds. The number of H-pyrrole nitrogens is 1. The van der Waals surface area contributed by atoms with Crippen molar-refractivity contribution in [2.75, 3.05) is 22.9 Å². The van der Waals surface area contributed by atoms with Crippen LogP contribution in [0.2, 0.25) is 5.02 Å². The second kappa shape index (κ2) is 8.97. The third-order valence-corrected chi connectivity index (χ3v) is 9.07. The number of aryl methyl sites for hydroxylation is 3. The Hall–Kier alpha value is -3.13. The molecular formula is C29H35ClN8. The molecule has 1 atom stereocenters. The molecule has 9 heteroatoms. The normalized spacial score (nSPS) is 19.9. The molecule has 1 saturated heterocycles. The lowest BCUT2D eigenvalue weighted by Crippen LogP contribution is -2.41. The van der Waals surface area contributed by atoms with Crippen LogP contribution in [0.4, 0.5) is 11.6 Å². The van der Waals surface area contributed by atoms with Crippen LogP contribution in [-0.2, 0) is 20.0 Å². The van der Waals surface area contributed by atoms with E-state index in [1.54, 1.807) is 0 Å². The first-order chi connectivity index (χ1) is 18.4. The summed E-state index contributed by atoms with van der Waals surface area (Å²) >= 11 is 6.94. The summed E-state index contributed by atoms with van der Waals surface area (Å²) < 4.78 is 1.98. The van der Waals surface area contributed by atoms with E-state index in [4.69, 9.17) is 26.7 Å². The smallest absolute Gasteiger partial charge is 0.162 e. The topological polar surface area (TPSA) is 78.8 Å². The minimum absolute atomic E-state index is 0.445. The van der Waals surface area contributed by atoms with Gasteiger partial charge in [0.1, 0.15) is 16.7 Å². The van der Waals surface area contributed by atoms with Crippen LogP contribution >= 0.6 is 11.6 Å². The summed E-state index contributed by atoms with van der Waals surface area (Å²) in [5, 5.41) is 14.4. The lowest BCUT2D eigenvalue weighted by Gasteiger charge is -2.38. The van der Waals surface area contributed by atoms with E-state index in [-0.39, 0.29) is 0 Å². The highest BCUT2D eigenvalue weighted by Gasteiger charge is 2.35. The van der Waals surface area contributed by atoms with Gasteiger partial charge in [-0.1, -0.05) is 17.7 Å². The van der Waals surface area contributed by atoms with E-state index in [0.29, 0.717) is 12.0 Å². The van der Waals surface area contributed by atoms with Crippen molar-refractivity contribution in [1.82, 2.24) is 29.9 Å². The van der Waals surface area contributed by atoms with Gasteiger partial charge in [-0.05, 0) is 64.5 Å². The summed E-state index contributed by atoms with van der Waals surface area (Å²) in [6.07, 6.45) is 6.87. The monoisotopic (exact) mass is 530 g/mol. The van der Waals surface area contributed by atoms with Crippen LogP contribution in [0.1, 0.15) is 73.2 Å². The van der Waals surface area contributed by atoms with E-state index in [2.05, 4.69) is 52.9 Å². The lowest BCUT2D eigenvalue weighted by molar-refractivity contribution is 0.478. The molecule has 3 aliphatic rings. The maximum atomic E-state index is 6.94. The van der Waals surface area contributed by atoms with Crippen LogP contribution in [0.25, 0.3) is 22.3 Å². The molecule has 8 nitrogen and oxygen atoms in total. The molecule has 5 heterocycles. The van der Waals surface area contributed by atoms with Crippen molar-refractivity contribution >= 4 is 34.1 Å². The minimum Gasteiger partial charge on any atom is -0.354 e. The van der Waals surface area contributed by atoms with E-state index >= 15 is 0 Å². The second-order valence-electron chi connectivity index (χ2n) is 11.4. The molecule has 1 N–H and O–H groups in total. The Morgan fingerprint density at radius 2 is 1.89 bits per heavy atom. The number of hydrogen-bond acceptors (Lipinski definition) is 6. The van der Waals surface area contributed by atoms with Gasteiger partial charge < -0.3 is 9.80 Å². The van der Waals surface area contributed by atoms with Gasteiger partial charge in [0.2, 0.25) is 0 Å². The summed E-state index contributed by atoms with van der Waals surface area (Å²) in [6, 6.07) is 4.69. The number of anilines is 2. The van der Waals surface area contributed by atoms with Crippen LogP contribution in [0.5, 0.6) is 0 Å². The average molecular weight is 531 g/mol. The summed E-state index contributed by atoms with van der Waals surface area (Å²) in [6.45, 7) is 9.16. The Balaban J connectivity index is 1.37. The third kappa shape index (κ3) is 3.79. The first-order valence-electron chi connectivity index (χ1n) is 14.0. The highest BCUT2D eigenvalue weighted by atomic mass is 35.5. The first-order valence-corrected chi connectivity index (χ1v) is 14.4. The Morgan fingerprint density at radius 1 is 1.05 bits per heavy atom. The fourth-order valence-corrected chi connectivity index (χ4v) is 6.91. The quantitative estimate of drug-likeness (QED) is 0.357. The van der Waals surface area contributed by atoms with E-state index < -0.39 is 0 Å². The predicted octanol–water partition coefficient (Wildman–Crippen LogP) is 5.84. The van der Waals surface area contributed by atoms with Crippen molar-refractivity contribution in [2.24, 2.45) is 7.05 Å². The Bertz CT molecular complexity index is 1550. The summed E-state index contributed by atoms with van der Waals surface area (Å²) in [5.74, 6) is 3.44. The standard InChI is InChI=1S/C29H35ClN8/c1-16-8-11-22-24(18(3)33-34-22)23(16)27-31-21-12-14-37(29-25(30)26(19-9-10-19)35-36(29)4)15-20(21)28(32-27)38-13-6-5-7-17(38)2/h8,11,17,19H,5-7,9-10,12-15H2,1-4H3,(H,33,34)/t17-/m1/s1. The maximum Gasteiger partial charge on any atom is 0.162 e. The van der Waals surface area contributed by atoms with Crippen molar-refractivity contribution in [2.45, 2.75) is 77.8 Å². The van der Waals surface area contributed by atoms with Gasteiger partial charge in [-0.25, -0.2) is 9.97 Å². The van der Waals surface area contributed by atoms with Gasteiger partial charge >= 0.3 is 0 Å². The maximum absolute atomic E-state index is 6.94. The molecule has 2 fully saturated rings. The van der Waals surface area contributed by atoms with Crippen molar-refractivity contribution in [1.29, 1.82) is 0 Å². The number of halogens is 1. The summed E-state index contributed by atoms with van der Waals surface area (Å²) in [4.78, 5) is 15.5. The fraction of sp³-hybridized carbons (Fsp3) is 0.517. The molecular weight excluding hydrogens is 496 g/mol. The summed E-state index contributed by atoms with van der Waals surface area (Å²) in [7, 11) is 2.02. The molecule has 1 saturated carbocycles. The number of rotatable bonds is 4. The fourth-order valence-electron chi connectivity index (χ4n) is 6.47. The van der Waals surface area contributed by atoms with Crippen molar-refractivity contribution < 1.29 is 0 Å². The van der Waals surface area contributed by atoms with E-state index in [0.717, 1.165) is 82.1 Å². The molecule has 2 aliphatic heterocycles. The second-order valence-corrected chi connectivity index (χ2v) is 11.8. The zero-order valence-corrected chi connectivity index (χ0v) is 23.4. The van der Waals surface area contributed by atoms with Crippen molar-refractivity contribution in [3.63, 3.8) is 0 Å². The van der Waals surface area contributed by atoms with Crippen LogP contribution in [-0.4, -0.2) is 49.1 Å². The Morgan fingerprint density at radius 3 is 2.68 bits per heavy atom. The van der Waals surface area contributed by atoms with E-state index in [1.165, 1.54) is 43.2 Å². The number of aromatic nitrogens is 6. The van der Waals surface area contributed by atoms with Gasteiger partial charge in [-0.15, -0.1) is 0 Å². The van der Waals surface area contributed by atoms with Crippen LogP contribution in [0.15, 0.2) is 12.1 Å². The molecule has 38 heavy (non-hydrogen) atoms. The van der Waals surface area contributed by atoms with Gasteiger partial charge in [0.15, 0.2) is 5.82 Å². The number of nitrogens with zero attached hydrogens (tertiary/aromatic N) is 7. The van der Waals surface area contributed by atoms with Crippen LogP contribution in [0.3, 0.4) is 0 Å². The predicted molar refractivity (Wildman–Crippen MR) is 152 cm³/mol. The molecule has 1 aromatic carbocycles. The zero-order valence-electron chi connectivity index (χ0n) is 22.7. The molecule has 1 aliphatic carbocycles. The average Bonchev–Trinajstić information content (AvgIpc) is 3.62. The molecule has 0 unspecified atom stereocenters. The molecule has 7 rings (SSSR count). The molecule has 0 bridgehead atoms. The van der Waals surface area contributed by atoms with Gasteiger partial charge in [-0.3, -0.25) is 9.78 Å². The number of nitrogens with one attached hydrogen (secondary N) is 1. The third-order valence-electron chi connectivity index (χ3n) is 8.71. The van der Waals surface area contributed by atoms with E-state index in [1.807, 2.05) is 11.7 Å². The zero-order chi connectivity index (χ0) is 26.1. The molecule has 198 valence electrons. The molecule has 0 radical (unpaired) electrons. The summed E-state index contributed by atoms with van der Waals surface area (Å²) in [5.41, 5.74) is 7.72. The lowest BCUT2D eigenvalue weighted by atomic mass is 9.98. The number of benzene rings is 1. The SMILES string of the molecule is Cc1ccc2[nH]nc(C)c2c1-c1nc2c(c(N3CCCC[C@H]3C)n1)CN(c1c(Cl)c(C3CC3)nn1C)CC2. The van der Waals surface area contributed by atoms with Crippen LogP contribution < -0.4 is 9.80 Å². The van der Waals surface area contributed by atoms with Gasteiger partial charge in [0.05, 0.1) is 22.6 Å². The van der Waals surface area contributed by atoms with Crippen LogP contribution in [0, 0.1) is 13.8 Å². The van der Waals surface area contributed by atoms with Crippen molar-refractivity contribution in [3.8, 4) is 11.4 Å². The number of piperidine rings is 1. The highest BCUT2D eigenvalue weighted by Crippen LogP contribution is 2.46. The number of fused-ring (bicyclic) bond motifs is 2. The van der Waals surface area contributed by atoms with Gasteiger partial charge in [0, 0.05) is 61.6 Å². The Kier molecular flexibility index (Phi) is 5.65. The first kappa shape index (κ1) is 23.9. The number of aromatic amines is 1. The molecule has 4 aromatic rings. The molecule has 0 spiro atoms. The van der Waals surface area contributed by atoms with Gasteiger partial charge in [0.25, 0.3) is 0 Å². The van der Waals surface area contributed by atoms with Gasteiger partial charge in [-0.2, -0.15) is 10.2 Å². The number of hydrogen-bond donors (Lipinski definition) is 1. The molecule has 3 aromatic heterocycles. The minimum atomic E-state index is 0.445. The Labute approximate surface area is 228 Å². The largest absolute Gasteiger partial charge is 0.354 e.